The van der Waals surface area contributed by atoms with Crippen LogP contribution in [-0.4, -0.2) is 16.8 Å². The van der Waals surface area contributed by atoms with E-state index in [4.69, 9.17) is 23.2 Å². The molecule has 0 aliphatic rings. The first-order valence-corrected chi connectivity index (χ1v) is 7.28. The molecule has 1 unspecified atom stereocenters. The monoisotopic (exact) mass is 303 g/mol. The second-order valence-electron chi connectivity index (χ2n) is 4.11. The summed E-state index contributed by atoms with van der Waals surface area (Å²) in [4.78, 5) is 0. The topological polar surface area (TPSA) is 29.9 Å². The van der Waals surface area contributed by atoms with Gasteiger partial charge in [-0.2, -0.15) is 5.10 Å². The molecule has 18 heavy (non-hydrogen) atoms. The van der Waals surface area contributed by atoms with E-state index in [9.17, 15) is 0 Å². The summed E-state index contributed by atoms with van der Waals surface area (Å²) in [7, 11) is 3.90. The third-order valence-corrected chi connectivity index (χ3v) is 4.54. The molecule has 0 saturated heterocycles. The summed E-state index contributed by atoms with van der Waals surface area (Å²) >= 11 is 13.6. The smallest absolute Gasteiger partial charge is 0.0991 e. The Bertz CT molecular complexity index is 521. The molecule has 6 heteroatoms. The first-order valence-electron chi connectivity index (χ1n) is 5.70. The largest absolute Gasteiger partial charge is 0.313 e. The summed E-state index contributed by atoms with van der Waals surface area (Å²) in [6.45, 7) is 0. The average molecular weight is 304 g/mol. The van der Waals surface area contributed by atoms with Crippen molar-refractivity contribution in [1.82, 2.24) is 15.1 Å². The van der Waals surface area contributed by atoms with Gasteiger partial charge in [-0.3, -0.25) is 4.68 Å². The Hall–Kier alpha value is -0.550. The maximum atomic E-state index is 6.19. The van der Waals surface area contributed by atoms with Gasteiger partial charge in [0.1, 0.15) is 0 Å². The number of rotatable bonds is 5. The van der Waals surface area contributed by atoms with Gasteiger partial charge in [0.15, 0.2) is 0 Å². The van der Waals surface area contributed by atoms with E-state index in [1.54, 1.807) is 0 Å². The van der Waals surface area contributed by atoms with Crippen LogP contribution in [0, 0.1) is 0 Å². The van der Waals surface area contributed by atoms with Gasteiger partial charge in [0.2, 0.25) is 0 Å². The molecule has 1 atom stereocenters. The van der Waals surface area contributed by atoms with E-state index in [1.165, 1.54) is 17.0 Å². The van der Waals surface area contributed by atoms with E-state index < -0.39 is 0 Å². The molecular weight excluding hydrogens is 289 g/mol. The third kappa shape index (κ3) is 3.06. The summed E-state index contributed by atoms with van der Waals surface area (Å²) in [6.07, 6.45) is 3.73. The molecule has 3 nitrogen and oxygen atoms in total. The Labute approximate surface area is 121 Å². The molecular formula is C12H15Cl2N3S. The summed E-state index contributed by atoms with van der Waals surface area (Å²) < 4.78 is 3.40. The van der Waals surface area contributed by atoms with Crippen molar-refractivity contribution in [3.05, 3.63) is 38.3 Å². The Kier molecular flexibility index (Phi) is 4.67. The summed E-state index contributed by atoms with van der Waals surface area (Å²) in [5.74, 6) is 0. The van der Waals surface area contributed by atoms with Gasteiger partial charge in [-0.15, -0.1) is 11.3 Å². The molecule has 2 aromatic heterocycles. The zero-order valence-corrected chi connectivity index (χ0v) is 12.6. The van der Waals surface area contributed by atoms with Crippen molar-refractivity contribution in [2.24, 2.45) is 7.05 Å². The normalized spacial score (nSPS) is 12.9. The fourth-order valence-electron chi connectivity index (χ4n) is 1.98. The lowest BCUT2D eigenvalue weighted by Crippen LogP contribution is -2.17. The van der Waals surface area contributed by atoms with Crippen molar-refractivity contribution < 1.29 is 0 Å². The second kappa shape index (κ2) is 6.06. The molecule has 0 bridgehead atoms. The SMILES string of the molecule is CNC(CCc1ccnn1C)c1cc(Cl)sc1Cl. The minimum absolute atomic E-state index is 0.219. The predicted octanol–water partition coefficient (Wildman–Crippen LogP) is 3.68. The Balaban J connectivity index is 2.06. The number of nitrogens with zero attached hydrogens (tertiary/aromatic N) is 2. The fourth-order valence-corrected chi connectivity index (χ4v) is 3.56. The van der Waals surface area contributed by atoms with Crippen LogP contribution in [-0.2, 0) is 13.5 Å². The molecule has 0 aliphatic carbocycles. The molecule has 2 heterocycles. The van der Waals surface area contributed by atoms with Crippen LogP contribution in [0.25, 0.3) is 0 Å². The second-order valence-corrected chi connectivity index (χ2v) is 6.39. The highest BCUT2D eigenvalue weighted by Gasteiger charge is 2.16. The lowest BCUT2D eigenvalue weighted by molar-refractivity contribution is 0.537. The van der Waals surface area contributed by atoms with Gasteiger partial charge in [-0.1, -0.05) is 23.2 Å². The Morgan fingerprint density at radius 1 is 1.50 bits per heavy atom. The number of aromatic nitrogens is 2. The molecule has 2 rings (SSSR count). The molecule has 0 radical (unpaired) electrons. The van der Waals surface area contributed by atoms with Crippen molar-refractivity contribution >= 4 is 34.5 Å². The molecule has 0 saturated carbocycles. The highest BCUT2D eigenvalue weighted by atomic mass is 35.5. The van der Waals surface area contributed by atoms with Crippen LogP contribution in [0.4, 0.5) is 0 Å². The minimum Gasteiger partial charge on any atom is -0.313 e. The van der Waals surface area contributed by atoms with Gasteiger partial charge >= 0.3 is 0 Å². The molecule has 0 spiro atoms. The van der Waals surface area contributed by atoms with Gasteiger partial charge in [0.25, 0.3) is 0 Å². The third-order valence-electron chi connectivity index (χ3n) is 3.02. The van der Waals surface area contributed by atoms with E-state index in [2.05, 4.69) is 10.4 Å². The fraction of sp³-hybridized carbons (Fsp3) is 0.417. The zero-order valence-electron chi connectivity index (χ0n) is 10.3. The van der Waals surface area contributed by atoms with Crippen LogP contribution in [0.2, 0.25) is 8.67 Å². The molecule has 0 aliphatic heterocycles. The molecule has 0 amide bonds. The van der Waals surface area contributed by atoms with Crippen LogP contribution in [0.3, 0.4) is 0 Å². The quantitative estimate of drug-likeness (QED) is 0.913. The molecule has 98 valence electrons. The van der Waals surface area contributed by atoms with E-state index in [0.717, 1.165) is 27.1 Å². The standard InChI is InChI=1S/C12H15Cl2N3S/c1-15-10(9-7-11(13)18-12(9)14)4-3-8-5-6-16-17(8)2/h5-7,10,15H,3-4H2,1-2H3. The Morgan fingerprint density at radius 3 is 2.78 bits per heavy atom. The summed E-state index contributed by atoms with van der Waals surface area (Å²) in [5.41, 5.74) is 2.30. The highest BCUT2D eigenvalue weighted by molar-refractivity contribution is 7.20. The number of nitrogens with one attached hydrogen (secondary N) is 1. The molecule has 1 N–H and O–H groups in total. The summed E-state index contributed by atoms with van der Waals surface area (Å²) in [5, 5.41) is 7.45. The Morgan fingerprint density at radius 2 is 2.28 bits per heavy atom. The van der Waals surface area contributed by atoms with Gasteiger partial charge < -0.3 is 5.32 Å². The first kappa shape index (κ1) is 13.9. The minimum atomic E-state index is 0.219. The van der Waals surface area contributed by atoms with Crippen LogP contribution < -0.4 is 5.32 Å². The number of halogens is 2. The van der Waals surface area contributed by atoms with Gasteiger partial charge in [-0.25, -0.2) is 0 Å². The van der Waals surface area contributed by atoms with Crippen molar-refractivity contribution in [2.75, 3.05) is 7.05 Å². The van der Waals surface area contributed by atoms with Crippen LogP contribution in [0.15, 0.2) is 18.3 Å². The van der Waals surface area contributed by atoms with Crippen LogP contribution >= 0.6 is 34.5 Å². The van der Waals surface area contributed by atoms with Crippen molar-refractivity contribution in [3.8, 4) is 0 Å². The van der Waals surface area contributed by atoms with E-state index >= 15 is 0 Å². The molecule has 0 fully saturated rings. The van der Waals surface area contributed by atoms with Gasteiger partial charge in [0, 0.05) is 30.5 Å². The summed E-state index contributed by atoms with van der Waals surface area (Å²) in [6, 6.07) is 4.20. The van der Waals surface area contributed by atoms with Crippen LogP contribution in [0.5, 0.6) is 0 Å². The maximum Gasteiger partial charge on any atom is 0.0991 e. The number of hydrogen-bond acceptors (Lipinski definition) is 3. The van der Waals surface area contributed by atoms with Crippen LogP contribution in [0.1, 0.15) is 23.7 Å². The average Bonchev–Trinajstić information content (AvgIpc) is 2.87. The lowest BCUT2D eigenvalue weighted by atomic mass is 10.0. The highest BCUT2D eigenvalue weighted by Crippen LogP contribution is 2.36. The van der Waals surface area contributed by atoms with Gasteiger partial charge in [0.05, 0.1) is 8.67 Å². The lowest BCUT2D eigenvalue weighted by Gasteiger charge is -2.15. The zero-order chi connectivity index (χ0) is 13.1. The first-order chi connectivity index (χ1) is 8.61. The molecule has 0 aromatic carbocycles. The maximum absolute atomic E-state index is 6.19. The molecule has 2 aromatic rings. The number of hydrogen-bond donors (Lipinski definition) is 1. The van der Waals surface area contributed by atoms with E-state index in [1.807, 2.05) is 37.1 Å². The van der Waals surface area contributed by atoms with Crippen molar-refractivity contribution in [3.63, 3.8) is 0 Å². The predicted molar refractivity (Wildman–Crippen MR) is 77.7 cm³/mol. The number of thiophene rings is 1. The van der Waals surface area contributed by atoms with E-state index in [0.29, 0.717) is 0 Å². The van der Waals surface area contributed by atoms with Gasteiger partial charge in [-0.05, 0) is 32.0 Å². The number of aryl methyl sites for hydroxylation is 2. The van der Waals surface area contributed by atoms with Crippen molar-refractivity contribution in [2.45, 2.75) is 18.9 Å². The van der Waals surface area contributed by atoms with Crippen molar-refractivity contribution in [1.29, 1.82) is 0 Å². The van der Waals surface area contributed by atoms with E-state index in [-0.39, 0.29) is 6.04 Å².